The number of piperidine rings is 1. The molecule has 4 nitrogen and oxygen atoms in total. The molecule has 0 N–H and O–H groups in total. The summed E-state index contributed by atoms with van der Waals surface area (Å²) in [6.45, 7) is 3.26. The molecule has 2 rings (SSSR count). The summed E-state index contributed by atoms with van der Waals surface area (Å²) < 4.78 is 5.98. The molecule has 0 bridgehead atoms. The maximum atomic E-state index is 8.78. The molecule has 1 aromatic carbocycles. The third kappa shape index (κ3) is 5.60. The van der Waals surface area contributed by atoms with E-state index in [-0.39, 0.29) is 6.10 Å². The molecule has 0 atom stereocenters. The van der Waals surface area contributed by atoms with Crippen molar-refractivity contribution in [2.75, 3.05) is 31.1 Å². The van der Waals surface area contributed by atoms with E-state index < -0.39 is 0 Å². The zero-order valence-electron chi connectivity index (χ0n) is 12.7. The number of hydrogen-bond donors (Lipinski definition) is 0. The minimum absolute atomic E-state index is 0.275. The Hall–Kier alpha value is -1.69. The summed E-state index contributed by atoms with van der Waals surface area (Å²) in [4.78, 5) is 2.48. The Labute approximate surface area is 136 Å². The van der Waals surface area contributed by atoms with Crippen LogP contribution in [-0.2, 0) is 0 Å². The summed E-state index contributed by atoms with van der Waals surface area (Å²) in [5.41, 5.74) is 0.663. The van der Waals surface area contributed by atoms with Crippen molar-refractivity contribution in [2.45, 2.75) is 25.4 Å². The van der Waals surface area contributed by atoms with Crippen molar-refractivity contribution >= 4 is 11.8 Å². The molecule has 0 saturated carbocycles. The van der Waals surface area contributed by atoms with Crippen LogP contribution >= 0.6 is 11.8 Å². The Morgan fingerprint density at radius 1 is 1.18 bits per heavy atom. The van der Waals surface area contributed by atoms with Crippen molar-refractivity contribution in [1.29, 1.82) is 10.5 Å². The quantitative estimate of drug-likeness (QED) is 0.724. The fourth-order valence-electron chi connectivity index (χ4n) is 2.56. The zero-order chi connectivity index (χ0) is 15.6. The Morgan fingerprint density at radius 3 is 2.55 bits per heavy atom. The first-order chi connectivity index (χ1) is 10.8. The van der Waals surface area contributed by atoms with Gasteiger partial charge in [-0.25, -0.2) is 0 Å². The fourth-order valence-corrected chi connectivity index (χ4v) is 3.13. The van der Waals surface area contributed by atoms with E-state index in [4.69, 9.17) is 15.3 Å². The van der Waals surface area contributed by atoms with Crippen LogP contribution in [0.2, 0.25) is 0 Å². The predicted octanol–water partition coefficient (Wildman–Crippen LogP) is 3.05. The molecule has 1 aliphatic heterocycles. The van der Waals surface area contributed by atoms with E-state index in [1.165, 1.54) is 0 Å². The lowest BCUT2D eigenvalue weighted by Crippen LogP contribution is -2.38. The van der Waals surface area contributed by atoms with Crippen LogP contribution < -0.4 is 4.74 Å². The summed E-state index contributed by atoms with van der Waals surface area (Å²) >= 11 is 1.71. The Kier molecular flexibility index (Phi) is 7.09. The summed E-state index contributed by atoms with van der Waals surface area (Å²) in [7, 11) is 0. The van der Waals surface area contributed by atoms with Crippen molar-refractivity contribution in [2.24, 2.45) is 0 Å². The molecule has 22 heavy (non-hydrogen) atoms. The van der Waals surface area contributed by atoms with Crippen LogP contribution in [0.3, 0.4) is 0 Å². The van der Waals surface area contributed by atoms with E-state index in [1.807, 2.05) is 12.1 Å². The first kappa shape index (κ1) is 16.7. The Balaban J connectivity index is 1.64. The Morgan fingerprint density at radius 2 is 1.91 bits per heavy atom. The van der Waals surface area contributed by atoms with Crippen LogP contribution in [0.1, 0.15) is 24.8 Å². The van der Waals surface area contributed by atoms with Crippen molar-refractivity contribution in [1.82, 2.24) is 4.90 Å². The van der Waals surface area contributed by atoms with Crippen LogP contribution in [0.15, 0.2) is 24.3 Å². The van der Waals surface area contributed by atoms with Gasteiger partial charge in [0, 0.05) is 13.1 Å². The molecule has 0 amide bonds. The zero-order valence-corrected chi connectivity index (χ0v) is 13.5. The monoisotopic (exact) mass is 315 g/mol. The van der Waals surface area contributed by atoms with Gasteiger partial charge in [-0.1, -0.05) is 0 Å². The average molecular weight is 315 g/mol. The second-order valence-corrected chi connectivity index (χ2v) is 6.46. The van der Waals surface area contributed by atoms with Gasteiger partial charge in [0.15, 0.2) is 0 Å². The van der Waals surface area contributed by atoms with Gasteiger partial charge >= 0.3 is 0 Å². The van der Waals surface area contributed by atoms with Crippen LogP contribution in [0.4, 0.5) is 0 Å². The molecule has 0 aliphatic carbocycles. The van der Waals surface area contributed by atoms with Gasteiger partial charge in [0.25, 0.3) is 0 Å². The molecule has 1 aromatic rings. The molecular formula is C17H21N3OS. The first-order valence-corrected chi connectivity index (χ1v) is 8.81. The minimum atomic E-state index is 0.275. The van der Waals surface area contributed by atoms with Crippen molar-refractivity contribution < 1.29 is 4.74 Å². The maximum absolute atomic E-state index is 8.78. The van der Waals surface area contributed by atoms with Gasteiger partial charge in [-0.3, -0.25) is 0 Å². The fraction of sp³-hybridized carbons (Fsp3) is 0.529. The standard InChI is InChI=1S/C17H21N3OS/c18-8-13-22-12-1-9-20-10-6-17(7-11-20)21-16-4-2-15(14-19)3-5-16/h2-5,17H,1,6-7,9-13H2. The van der Waals surface area contributed by atoms with Gasteiger partial charge in [-0.05, 0) is 55.8 Å². The number of rotatable bonds is 7. The SMILES string of the molecule is N#CCSCCCN1CCC(Oc2ccc(C#N)cc2)CC1. The highest BCUT2D eigenvalue weighted by Gasteiger charge is 2.20. The summed E-state index contributed by atoms with van der Waals surface area (Å²) in [6, 6.07) is 11.6. The molecular weight excluding hydrogens is 294 g/mol. The number of hydrogen-bond acceptors (Lipinski definition) is 5. The van der Waals surface area contributed by atoms with Crippen molar-refractivity contribution in [3.8, 4) is 17.9 Å². The lowest BCUT2D eigenvalue weighted by Gasteiger charge is -2.32. The average Bonchev–Trinajstić information content (AvgIpc) is 2.57. The van der Waals surface area contributed by atoms with Gasteiger partial charge < -0.3 is 9.64 Å². The number of likely N-dealkylation sites (tertiary alicyclic amines) is 1. The van der Waals surface area contributed by atoms with E-state index >= 15 is 0 Å². The summed E-state index contributed by atoms with van der Waals surface area (Å²) in [5, 5.41) is 17.3. The number of nitriles is 2. The Bertz CT molecular complexity index is 524. The van der Waals surface area contributed by atoms with E-state index in [2.05, 4.69) is 17.0 Å². The van der Waals surface area contributed by atoms with E-state index in [1.54, 1.807) is 23.9 Å². The predicted molar refractivity (Wildman–Crippen MR) is 88.8 cm³/mol. The lowest BCUT2D eigenvalue weighted by molar-refractivity contribution is 0.101. The first-order valence-electron chi connectivity index (χ1n) is 7.65. The molecule has 1 fully saturated rings. The van der Waals surface area contributed by atoms with Gasteiger partial charge in [0.1, 0.15) is 11.9 Å². The van der Waals surface area contributed by atoms with Crippen LogP contribution in [-0.4, -0.2) is 42.1 Å². The van der Waals surface area contributed by atoms with E-state index in [0.717, 1.165) is 50.4 Å². The normalized spacial score (nSPS) is 15.9. The van der Waals surface area contributed by atoms with Crippen molar-refractivity contribution in [3.05, 3.63) is 29.8 Å². The molecule has 116 valence electrons. The number of ether oxygens (including phenoxy) is 1. The molecule has 0 unspecified atom stereocenters. The maximum Gasteiger partial charge on any atom is 0.119 e. The molecule has 1 heterocycles. The summed E-state index contributed by atoms with van der Waals surface area (Å²) in [5.74, 6) is 2.51. The smallest absolute Gasteiger partial charge is 0.119 e. The third-order valence-electron chi connectivity index (χ3n) is 3.75. The second kappa shape index (κ2) is 9.35. The number of thioether (sulfide) groups is 1. The van der Waals surface area contributed by atoms with Gasteiger partial charge in [0.05, 0.1) is 23.5 Å². The van der Waals surface area contributed by atoms with E-state index in [9.17, 15) is 0 Å². The van der Waals surface area contributed by atoms with E-state index in [0.29, 0.717) is 11.3 Å². The number of benzene rings is 1. The number of nitrogens with zero attached hydrogens (tertiary/aromatic N) is 3. The highest BCUT2D eigenvalue weighted by atomic mass is 32.2. The molecule has 0 radical (unpaired) electrons. The van der Waals surface area contributed by atoms with Gasteiger partial charge in [-0.2, -0.15) is 10.5 Å². The van der Waals surface area contributed by atoms with Crippen LogP contribution in [0, 0.1) is 22.7 Å². The molecule has 0 aromatic heterocycles. The minimum Gasteiger partial charge on any atom is -0.490 e. The second-order valence-electron chi connectivity index (χ2n) is 5.36. The van der Waals surface area contributed by atoms with Crippen LogP contribution in [0.25, 0.3) is 0 Å². The largest absolute Gasteiger partial charge is 0.490 e. The van der Waals surface area contributed by atoms with Gasteiger partial charge in [-0.15, -0.1) is 11.8 Å². The third-order valence-corrected chi connectivity index (χ3v) is 4.66. The van der Waals surface area contributed by atoms with Gasteiger partial charge in [0.2, 0.25) is 0 Å². The lowest BCUT2D eigenvalue weighted by atomic mass is 10.1. The highest BCUT2D eigenvalue weighted by molar-refractivity contribution is 7.99. The van der Waals surface area contributed by atoms with Crippen LogP contribution in [0.5, 0.6) is 5.75 Å². The molecule has 0 spiro atoms. The topological polar surface area (TPSA) is 60.1 Å². The summed E-state index contributed by atoms with van der Waals surface area (Å²) in [6.07, 6.45) is 3.52. The van der Waals surface area contributed by atoms with Crippen molar-refractivity contribution in [3.63, 3.8) is 0 Å². The highest BCUT2D eigenvalue weighted by Crippen LogP contribution is 2.19. The molecule has 1 aliphatic rings. The molecule has 5 heteroatoms. The molecule has 1 saturated heterocycles.